The summed E-state index contributed by atoms with van der Waals surface area (Å²) in [6.07, 6.45) is 2.05. The van der Waals surface area contributed by atoms with Crippen LogP contribution in [0.2, 0.25) is 51.9 Å². The molecule has 0 fully saturated rings. The molecule has 0 spiro atoms. The van der Waals surface area contributed by atoms with Crippen LogP contribution >= 0.6 is 0 Å². The van der Waals surface area contributed by atoms with E-state index in [1.54, 1.807) is 0 Å². The number of ether oxygens (including phenoxy) is 1. The maximum Gasteiger partial charge on any atom is 0.314 e. The fraction of sp³-hybridized carbons (Fsp3) is 0.857. The van der Waals surface area contributed by atoms with Crippen molar-refractivity contribution >= 4 is 25.2 Å². The van der Waals surface area contributed by atoms with Crippen molar-refractivity contribution in [3.8, 4) is 0 Å². The van der Waals surface area contributed by atoms with Gasteiger partial charge in [-0.15, -0.1) is 0 Å². The molecule has 0 amide bonds. The van der Waals surface area contributed by atoms with Crippen LogP contribution in [-0.4, -0.2) is 50.1 Å². The minimum Gasteiger partial charge on any atom is -0.512 e. The third kappa shape index (κ3) is 22.7. The van der Waals surface area contributed by atoms with Crippen LogP contribution in [0.25, 0.3) is 0 Å². The first-order valence-electron chi connectivity index (χ1n) is 9.53. The van der Waals surface area contributed by atoms with Crippen LogP contribution in [0.15, 0.2) is 12.5 Å². The van der Waals surface area contributed by atoms with Crippen LogP contribution in [0, 0.1) is 0 Å². The molecular formula is C14H34O15Si3. The first-order chi connectivity index (χ1) is 15.0. The van der Waals surface area contributed by atoms with Crippen LogP contribution in [0.4, 0.5) is 0 Å². The summed E-state index contributed by atoms with van der Waals surface area (Å²) in [5.74, 6) is 0. The fourth-order valence-corrected chi connectivity index (χ4v) is 14.8. The van der Waals surface area contributed by atoms with Crippen molar-refractivity contribution in [2.45, 2.75) is 58.3 Å². The fourth-order valence-electron chi connectivity index (χ4n) is 2.31. The quantitative estimate of drug-likeness (QED) is 0.0719. The van der Waals surface area contributed by atoms with E-state index in [0.717, 1.165) is 12.5 Å². The van der Waals surface area contributed by atoms with Crippen molar-refractivity contribution in [2.24, 2.45) is 0 Å². The number of rotatable bonds is 22. The van der Waals surface area contributed by atoms with Crippen molar-refractivity contribution in [1.82, 2.24) is 0 Å². The first-order valence-corrected chi connectivity index (χ1v) is 18.9. The highest BCUT2D eigenvalue weighted by molar-refractivity contribution is 6.87. The molecule has 192 valence electrons. The molecule has 0 unspecified atom stereocenters. The van der Waals surface area contributed by atoms with Crippen molar-refractivity contribution in [2.75, 3.05) is 19.8 Å². The predicted molar refractivity (Wildman–Crippen MR) is 109 cm³/mol. The Morgan fingerprint density at radius 2 is 1.12 bits per heavy atom. The molecule has 0 saturated heterocycles. The topological polar surface area (TPSA) is 149 Å². The molecule has 0 atom stereocenters. The molecule has 0 saturated carbocycles. The van der Waals surface area contributed by atoms with E-state index in [-0.39, 0.29) is 13.2 Å². The predicted octanol–water partition coefficient (Wildman–Crippen LogP) is 3.53. The molecule has 15 nitrogen and oxygen atoms in total. The lowest BCUT2D eigenvalue weighted by Crippen LogP contribution is -2.52. The average molecular weight is 527 g/mol. The molecule has 0 aromatic heterocycles. The molecule has 0 heterocycles. The highest BCUT2D eigenvalue weighted by Crippen LogP contribution is 2.25. The van der Waals surface area contributed by atoms with Crippen LogP contribution in [0.3, 0.4) is 0 Å². The van der Waals surface area contributed by atoms with Gasteiger partial charge in [-0.3, -0.25) is 0 Å². The summed E-state index contributed by atoms with van der Waals surface area (Å²) < 4.78 is 18.3. The van der Waals surface area contributed by atoms with E-state index in [1.807, 2.05) is 0 Å². The van der Waals surface area contributed by atoms with Gasteiger partial charge >= 0.3 is 8.56 Å². The summed E-state index contributed by atoms with van der Waals surface area (Å²) in [5.41, 5.74) is 0. The second kappa shape index (κ2) is 17.9. The highest BCUT2D eigenvalue weighted by Gasteiger charge is 2.39. The number of aliphatic hydroxyl groups excluding tert-OH is 1. The molecule has 0 aliphatic carbocycles. The van der Waals surface area contributed by atoms with Crippen molar-refractivity contribution in [1.29, 1.82) is 0 Å². The maximum absolute atomic E-state index is 8.16. The lowest BCUT2D eigenvalue weighted by molar-refractivity contribution is -0.853. The van der Waals surface area contributed by atoms with E-state index in [1.165, 1.54) is 0 Å². The van der Waals surface area contributed by atoms with Crippen molar-refractivity contribution < 1.29 is 73.2 Å². The Labute approximate surface area is 189 Å². The Hall–Kier alpha value is -0.529. The van der Waals surface area contributed by atoms with Gasteiger partial charge in [0, 0.05) is 31.8 Å². The summed E-state index contributed by atoms with van der Waals surface area (Å²) in [6.45, 7) is 16.0. The third-order valence-corrected chi connectivity index (χ3v) is 12.3. The SMILES string of the molecule is C[Si](C)(C)O[Si](C)(CCCOCCOOOOOOOOOOOC=CO)O[Si](C)(C)C. The molecule has 0 aromatic rings. The van der Waals surface area contributed by atoms with Gasteiger partial charge in [-0.1, -0.05) is 0 Å². The smallest absolute Gasteiger partial charge is 0.314 e. The zero-order chi connectivity index (χ0) is 24.3. The van der Waals surface area contributed by atoms with Crippen LogP contribution in [0.1, 0.15) is 6.42 Å². The largest absolute Gasteiger partial charge is 0.512 e. The molecule has 0 aliphatic heterocycles. The molecule has 0 radical (unpaired) electrons. The maximum atomic E-state index is 8.16. The molecular weight excluding hydrogens is 492 g/mol. The normalized spacial score (nSPS) is 13.2. The molecule has 0 rings (SSSR count). The van der Waals surface area contributed by atoms with Gasteiger partial charge in [0.1, 0.15) is 12.9 Å². The summed E-state index contributed by atoms with van der Waals surface area (Å²) in [7, 11) is -5.68. The molecule has 32 heavy (non-hydrogen) atoms. The van der Waals surface area contributed by atoms with Gasteiger partial charge in [0.25, 0.3) is 0 Å². The zero-order valence-electron chi connectivity index (χ0n) is 19.4. The van der Waals surface area contributed by atoms with E-state index in [2.05, 4.69) is 101 Å². The summed E-state index contributed by atoms with van der Waals surface area (Å²) in [5, 5.41) is 42.5. The molecule has 0 aromatic carbocycles. The lowest BCUT2D eigenvalue weighted by atomic mass is 10.5. The monoisotopic (exact) mass is 526 g/mol. The summed E-state index contributed by atoms with van der Waals surface area (Å²) >= 11 is 0. The van der Waals surface area contributed by atoms with Gasteiger partial charge < -0.3 is 23.0 Å². The summed E-state index contributed by atoms with van der Waals surface area (Å²) in [6, 6.07) is 0.850. The van der Waals surface area contributed by atoms with Gasteiger partial charge in [0.2, 0.25) is 0 Å². The Kier molecular flexibility index (Phi) is 17.6. The highest BCUT2D eigenvalue weighted by atomic mass is 28.5. The zero-order valence-corrected chi connectivity index (χ0v) is 22.4. The molecule has 0 aliphatic rings. The third-order valence-electron chi connectivity index (χ3n) is 2.70. The number of hydrogen-bond acceptors (Lipinski definition) is 15. The van der Waals surface area contributed by atoms with E-state index >= 15 is 0 Å². The van der Waals surface area contributed by atoms with Crippen LogP contribution in [-0.2, 0) is 68.1 Å². The van der Waals surface area contributed by atoms with E-state index < -0.39 is 25.2 Å². The second-order valence-corrected chi connectivity index (χ2v) is 20.9. The Morgan fingerprint density at radius 3 is 1.62 bits per heavy atom. The molecule has 1 N–H and O–H groups in total. The minimum atomic E-state index is -2.26. The van der Waals surface area contributed by atoms with Crippen molar-refractivity contribution in [3.05, 3.63) is 12.5 Å². The van der Waals surface area contributed by atoms with E-state index in [0.29, 0.717) is 19.1 Å². The molecule has 0 bridgehead atoms. The van der Waals surface area contributed by atoms with Crippen molar-refractivity contribution in [3.63, 3.8) is 0 Å². The van der Waals surface area contributed by atoms with Gasteiger partial charge in [-0.05, 0) is 78.4 Å². The van der Waals surface area contributed by atoms with Gasteiger partial charge in [-0.25, -0.2) is 4.89 Å². The van der Waals surface area contributed by atoms with E-state index in [4.69, 9.17) is 18.1 Å². The average Bonchev–Trinajstić information content (AvgIpc) is 2.64. The van der Waals surface area contributed by atoms with Crippen LogP contribution < -0.4 is 0 Å². The summed E-state index contributed by atoms with van der Waals surface area (Å²) in [4.78, 5) is 8.58. The number of aliphatic hydroxyl groups is 1. The molecule has 18 heteroatoms. The Balaban J connectivity index is 3.60. The Morgan fingerprint density at radius 1 is 0.625 bits per heavy atom. The minimum absolute atomic E-state index is 0.0583. The second-order valence-electron chi connectivity index (χ2n) is 8.09. The van der Waals surface area contributed by atoms with Gasteiger partial charge in [0.15, 0.2) is 22.9 Å². The van der Waals surface area contributed by atoms with Crippen LogP contribution in [0.5, 0.6) is 0 Å². The van der Waals surface area contributed by atoms with Gasteiger partial charge in [0.05, 0.1) is 6.61 Å². The Bertz CT molecular complexity index is 455. The number of hydrogen-bond donors (Lipinski definition) is 1. The van der Waals surface area contributed by atoms with E-state index in [9.17, 15) is 0 Å². The van der Waals surface area contributed by atoms with Gasteiger partial charge in [-0.2, -0.15) is 0 Å². The lowest BCUT2D eigenvalue weighted by Gasteiger charge is -2.38. The first kappa shape index (κ1) is 31.5. The standard InChI is InChI=1S/C14H34O15Si3/c1-30(2,3)28-32(7,29-31(4,5)6)14-8-10-16-12-13-18-20-22-24-26-27-25-23-21-19-17-11-9-15/h9,11,15H,8,10,12-14H2,1-7H3.